The van der Waals surface area contributed by atoms with Gasteiger partial charge < -0.3 is 25.8 Å². The standard InChI is InChI=1S/C17H22FN3O6/c1-3-27-16(25)10(2)20-15(24)12-7-6-11(9-13(12)18)21-17(26)19-8-4-5-14(22)23/h6-7,9-10H,3-5,8H2,1-2H3,(H,20,24)(H,22,23)(H2,19,21,26). The summed E-state index contributed by atoms with van der Waals surface area (Å²) in [6, 6.07) is 1.88. The Bertz CT molecular complexity index is 710. The molecule has 9 nitrogen and oxygen atoms in total. The summed E-state index contributed by atoms with van der Waals surface area (Å²) >= 11 is 0. The second kappa shape index (κ2) is 10.7. The zero-order valence-corrected chi connectivity index (χ0v) is 15.0. The second-order valence-corrected chi connectivity index (χ2v) is 5.52. The number of benzene rings is 1. The third kappa shape index (κ3) is 7.72. The second-order valence-electron chi connectivity index (χ2n) is 5.52. The monoisotopic (exact) mass is 383 g/mol. The van der Waals surface area contributed by atoms with Crippen molar-refractivity contribution in [2.24, 2.45) is 0 Å². The van der Waals surface area contributed by atoms with E-state index in [1.165, 1.54) is 19.1 Å². The van der Waals surface area contributed by atoms with Crippen LogP contribution >= 0.6 is 0 Å². The van der Waals surface area contributed by atoms with Gasteiger partial charge in [-0.3, -0.25) is 9.59 Å². The number of carboxylic acid groups (broad SMARTS) is 1. The number of esters is 1. The quantitative estimate of drug-likeness (QED) is 0.377. The van der Waals surface area contributed by atoms with Crippen LogP contribution in [0.4, 0.5) is 14.9 Å². The van der Waals surface area contributed by atoms with E-state index in [1.54, 1.807) is 6.92 Å². The van der Waals surface area contributed by atoms with Gasteiger partial charge in [0.1, 0.15) is 11.9 Å². The first kappa shape index (κ1) is 21.9. The maximum absolute atomic E-state index is 14.1. The number of hydrogen-bond acceptors (Lipinski definition) is 5. The van der Waals surface area contributed by atoms with E-state index in [0.29, 0.717) is 0 Å². The Morgan fingerprint density at radius 2 is 1.96 bits per heavy atom. The van der Waals surface area contributed by atoms with E-state index < -0.39 is 35.7 Å². The zero-order chi connectivity index (χ0) is 20.4. The van der Waals surface area contributed by atoms with Gasteiger partial charge in [-0.1, -0.05) is 0 Å². The predicted molar refractivity (Wildman–Crippen MR) is 93.9 cm³/mol. The minimum Gasteiger partial charge on any atom is -0.481 e. The highest BCUT2D eigenvalue weighted by Crippen LogP contribution is 2.15. The highest BCUT2D eigenvalue weighted by molar-refractivity contribution is 5.97. The van der Waals surface area contributed by atoms with E-state index in [1.807, 2.05) is 0 Å². The summed E-state index contributed by atoms with van der Waals surface area (Å²) in [5.74, 6) is -3.28. The lowest BCUT2D eigenvalue weighted by Gasteiger charge is -2.13. The number of hydrogen-bond donors (Lipinski definition) is 4. The molecule has 0 bridgehead atoms. The lowest BCUT2D eigenvalue weighted by molar-refractivity contribution is -0.145. The number of nitrogens with one attached hydrogen (secondary N) is 3. The van der Waals surface area contributed by atoms with Crippen LogP contribution in [0.5, 0.6) is 0 Å². The van der Waals surface area contributed by atoms with Gasteiger partial charge in [-0.2, -0.15) is 0 Å². The van der Waals surface area contributed by atoms with Gasteiger partial charge in [0.15, 0.2) is 0 Å². The molecule has 1 atom stereocenters. The van der Waals surface area contributed by atoms with Crippen LogP contribution in [0.15, 0.2) is 18.2 Å². The number of anilines is 1. The molecule has 148 valence electrons. The van der Waals surface area contributed by atoms with Crippen molar-refractivity contribution in [1.82, 2.24) is 10.6 Å². The zero-order valence-electron chi connectivity index (χ0n) is 15.0. The fraction of sp³-hybridized carbons (Fsp3) is 0.412. The molecule has 0 saturated carbocycles. The normalized spacial score (nSPS) is 11.2. The Morgan fingerprint density at radius 1 is 1.26 bits per heavy atom. The molecule has 0 spiro atoms. The van der Waals surface area contributed by atoms with Crippen LogP contribution in [-0.2, 0) is 14.3 Å². The average Bonchev–Trinajstić information content (AvgIpc) is 2.58. The molecule has 1 unspecified atom stereocenters. The number of carbonyl (C=O) groups is 4. The van der Waals surface area contributed by atoms with E-state index in [9.17, 15) is 23.6 Å². The number of amides is 3. The molecular formula is C17H22FN3O6. The Kier molecular flexibility index (Phi) is 8.70. The van der Waals surface area contributed by atoms with Crippen molar-refractivity contribution < 1.29 is 33.4 Å². The van der Waals surface area contributed by atoms with Crippen molar-refractivity contribution in [3.63, 3.8) is 0 Å². The van der Waals surface area contributed by atoms with Crippen LogP contribution < -0.4 is 16.0 Å². The Balaban J connectivity index is 2.60. The fourth-order valence-electron chi connectivity index (χ4n) is 1.99. The van der Waals surface area contributed by atoms with Gasteiger partial charge >= 0.3 is 18.0 Å². The molecule has 1 aromatic rings. The van der Waals surface area contributed by atoms with E-state index in [-0.39, 0.29) is 37.2 Å². The Hall–Kier alpha value is -3.17. The van der Waals surface area contributed by atoms with Gasteiger partial charge in [-0.25, -0.2) is 14.0 Å². The van der Waals surface area contributed by atoms with Crippen molar-refractivity contribution >= 4 is 29.6 Å². The molecule has 0 radical (unpaired) electrons. The van der Waals surface area contributed by atoms with Crippen molar-refractivity contribution in [2.75, 3.05) is 18.5 Å². The molecule has 0 aliphatic carbocycles. The van der Waals surface area contributed by atoms with Gasteiger partial charge in [-0.05, 0) is 38.5 Å². The fourth-order valence-corrected chi connectivity index (χ4v) is 1.99. The van der Waals surface area contributed by atoms with E-state index >= 15 is 0 Å². The summed E-state index contributed by atoms with van der Waals surface area (Å²) in [6.07, 6.45) is 0.178. The molecular weight excluding hydrogens is 361 g/mol. The van der Waals surface area contributed by atoms with Crippen LogP contribution in [0.3, 0.4) is 0 Å². The van der Waals surface area contributed by atoms with Crippen molar-refractivity contribution in [2.45, 2.75) is 32.7 Å². The van der Waals surface area contributed by atoms with Crippen LogP contribution in [0.1, 0.15) is 37.0 Å². The molecule has 4 N–H and O–H groups in total. The largest absolute Gasteiger partial charge is 0.481 e. The number of carboxylic acids is 1. The lowest BCUT2D eigenvalue weighted by atomic mass is 10.1. The maximum Gasteiger partial charge on any atom is 0.328 e. The summed E-state index contributed by atoms with van der Waals surface area (Å²) in [5.41, 5.74) is -0.184. The number of halogens is 1. The predicted octanol–water partition coefficient (Wildman–Crippen LogP) is 1.49. The molecule has 0 heterocycles. The molecule has 0 fully saturated rings. The molecule has 1 rings (SSSR count). The summed E-state index contributed by atoms with van der Waals surface area (Å²) in [7, 11) is 0. The van der Waals surface area contributed by atoms with Crippen LogP contribution in [0, 0.1) is 5.82 Å². The van der Waals surface area contributed by atoms with E-state index in [4.69, 9.17) is 9.84 Å². The van der Waals surface area contributed by atoms with Gasteiger partial charge in [0.05, 0.1) is 12.2 Å². The van der Waals surface area contributed by atoms with Gasteiger partial charge in [0.25, 0.3) is 5.91 Å². The van der Waals surface area contributed by atoms with Crippen LogP contribution in [0.2, 0.25) is 0 Å². The van der Waals surface area contributed by atoms with E-state index in [2.05, 4.69) is 16.0 Å². The molecule has 0 saturated heterocycles. The summed E-state index contributed by atoms with van der Waals surface area (Å²) in [6.45, 7) is 3.34. The smallest absolute Gasteiger partial charge is 0.328 e. The number of ether oxygens (including phenoxy) is 1. The first-order chi connectivity index (χ1) is 12.7. The van der Waals surface area contributed by atoms with Gasteiger partial charge in [0.2, 0.25) is 0 Å². The number of urea groups is 1. The summed E-state index contributed by atoms with van der Waals surface area (Å²) < 4.78 is 18.9. The first-order valence-corrected chi connectivity index (χ1v) is 8.28. The minimum absolute atomic E-state index is 0.0804. The molecule has 0 aromatic heterocycles. The highest BCUT2D eigenvalue weighted by atomic mass is 19.1. The molecule has 1 aromatic carbocycles. The maximum atomic E-state index is 14.1. The summed E-state index contributed by atoms with van der Waals surface area (Å²) in [4.78, 5) is 45.6. The number of aliphatic carboxylic acids is 1. The topological polar surface area (TPSA) is 134 Å². The highest BCUT2D eigenvalue weighted by Gasteiger charge is 2.20. The van der Waals surface area contributed by atoms with Crippen LogP contribution in [0.25, 0.3) is 0 Å². The first-order valence-electron chi connectivity index (χ1n) is 8.28. The molecule has 3 amide bonds. The minimum atomic E-state index is -0.967. The third-order valence-electron chi connectivity index (χ3n) is 3.31. The van der Waals surface area contributed by atoms with Crippen LogP contribution in [-0.4, -0.2) is 48.2 Å². The van der Waals surface area contributed by atoms with Crippen molar-refractivity contribution in [3.8, 4) is 0 Å². The molecule has 10 heteroatoms. The Labute approximate surface area is 155 Å². The average molecular weight is 383 g/mol. The molecule has 0 aliphatic rings. The molecule has 0 aliphatic heterocycles. The van der Waals surface area contributed by atoms with Crippen molar-refractivity contribution in [1.29, 1.82) is 0 Å². The number of rotatable bonds is 9. The van der Waals surface area contributed by atoms with Gasteiger partial charge in [0, 0.05) is 18.7 Å². The summed E-state index contributed by atoms with van der Waals surface area (Å²) in [5, 5.41) is 15.6. The van der Waals surface area contributed by atoms with Crippen molar-refractivity contribution in [3.05, 3.63) is 29.6 Å². The molecule has 27 heavy (non-hydrogen) atoms. The number of carbonyl (C=O) groups excluding carboxylic acids is 3. The third-order valence-corrected chi connectivity index (χ3v) is 3.31. The lowest BCUT2D eigenvalue weighted by Crippen LogP contribution is -2.39. The van der Waals surface area contributed by atoms with Gasteiger partial charge in [-0.15, -0.1) is 0 Å². The van der Waals surface area contributed by atoms with E-state index in [0.717, 1.165) is 6.07 Å². The Morgan fingerprint density at radius 3 is 2.56 bits per heavy atom. The SMILES string of the molecule is CCOC(=O)C(C)NC(=O)c1ccc(NC(=O)NCCCC(=O)O)cc1F.